The van der Waals surface area contributed by atoms with Crippen molar-refractivity contribution < 1.29 is 4.79 Å². The normalized spacial score (nSPS) is 12.2. The number of aromatic nitrogens is 2. The molecule has 0 fully saturated rings. The number of imidazole rings is 1. The molecule has 4 heteroatoms. The Morgan fingerprint density at radius 1 is 1.21 bits per heavy atom. The molecular weight excluding hydrogens is 298 g/mol. The molecule has 1 amide bonds. The fourth-order valence-corrected chi connectivity index (χ4v) is 2.65. The molecule has 0 saturated carbocycles. The van der Waals surface area contributed by atoms with Crippen molar-refractivity contribution in [2.45, 2.75) is 39.2 Å². The Balaban J connectivity index is 1.71. The lowest BCUT2D eigenvalue weighted by Crippen LogP contribution is -2.31. The van der Waals surface area contributed by atoms with Gasteiger partial charge in [0.05, 0.1) is 11.0 Å². The number of benzene rings is 2. The average molecular weight is 321 g/mol. The highest BCUT2D eigenvalue weighted by molar-refractivity contribution is 5.80. The molecule has 0 saturated heterocycles. The molecule has 4 nitrogen and oxygen atoms in total. The van der Waals surface area contributed by atoms with E-state index in [0.717, 1.165) is 40.8 Å². The average Bonchev–Trinajstić information content (AvgIpc) is 3.04. The summed E-state index contributed by atoms with van der Waals surface area (Å²) in [5.74, 6) is 0.983. The van der Waals surface area contributed by atoms with E-state index in [1.165, 1.54) is 0 Å². The third kappa shape index (κ3) is 3.82. The van der Waals surface area contributed by atoms with Gasteiger partial charge in [0.25, 0.3) is 0 Å². The lowest BCUT2D eigenvalue weighted by Gasteiger charge is -2.11. The second-order valence-corrected chi connectivity index (χ2v) is 6.18. The van der Waals surface area contributed by atoms with Crippen LogP contribution in [0.5, 0.6) is 0 Å². The van der Waals surface area contributed by atoms with Crippen molar-refractivity contribution >= 4 is 16.9 Å². The number of rotatable bonds is 6. The molecule has 1 heterocycles. The first-order valence-electron chi connectivity index (χ1n) is 8.49. The second-order valence-electron chi connectivity index (χ2n) is 6.18. The van der Waals surface area contributed by atoms with Gasteiger partial charge in [-0.15, -0.1) is 0 Å². The van der Waals surface area contributed by atoms with Gasteiger partial charge < -0.3 is 10.3 Å². The van der Waals surface area contributed by atoms with Crippen LogP contribution in [0.25, 0.3) is 22.4 Å². The predicted molar refractivity (Wildman–Crippen MR) is 97.7 cm³/mol. The maximum Gasteiger partial charge on any atom is 0.220 e. The summed E-state index contributed by atoms with van der Waals surface area (Å²) in [6.45, 7) is 4.10. The standard InChI is InChI=1S/C20H23N3O/c1-3-14(2)21-19(24)12-10-15-9-11-17-18(13-15)23-20(22-17)16-7-5-4-6-8-16/h4-9,11,13-14H,3,10,12H2,1-2H3,(H,21,24)(H,22,23)/t14-/m0/s1. The Kier molecular flexibility index (Phi) is 4.94. The third-order valence-corrected chi connectivity index (χ3v) is 4.25. The minimum Gasteiger partial charge on any atom is -0.354 e. The zero-order chi connectivity index (χ0) is 16.9. The molecular formula is C20H23N3O. The molecule has 1 atom stereocenters. The molecule has 124 valence electrons. The highest BCUT2D eigenvalue weighted by Gasteiger charge is 2.08. The summed E-state index contributed by atoms with van der Waals surface area (Å²) in [6, 6.07) is 16.5. The molecule has 0 aliphatic carbocycles. The quantitative estimate of drug-likeness (QED) is 0.719. The minimum atomic E-state index is 0.110. The maximum absolute atomic E-state index is 11.9. The van der Waals surface area contributed by atoms with Crippen LogP contribution in [0.15, 0.2) is 48.5 Å². The summed E-state index contributed by atoms with van der Waals surface area (Å²) >= 11 is 0. The largest absolute Gasteiger partial charge is 0.354 e. The van der Waals surface area contributed by atoms with Gasteiger partial charge >= 0.3 is 0 Å². The molecule has 2 aromatic carbocycles. The van der Waals surface area contributed by atoms with Gasteiger partial charge in [-0.25, -0.2) is 4.98 Å². The number of nitrogens with zero attached hydrogens (tertiary/aromatic N) is 1. The first-order valence-corrected chi connectivity index (χ1v) is 8.49. The fourth-order valence-electron chi connectivity index (χ4n) is 2.65. The van der Waals surface area contributed by atoms with Crippen LogP contribution >= 0.6 is 0 Å². The van der Waals surface area contributed by atoms with Gasteiger partial charge in [0.15, 0.2) is 0 Å². The molecule has 0 unspecified atom stereocenters. The van der Waals surface area contributed by atoms with Crippen molar-refractivity contribution in [1.29, 1.82) is 0 Å². The first-order chi connectivity index (χ1) is 11.7. The van der Waals surface area contributed by atoms with E-state index in [1.54, 1.807) is 0 Å². The topological polar surface area (TPSA) is 57.8 Å². The molecule has 0 spiro atoms. The summed E-state index contributed by atoms with van der Waals surface area (Å²) in [5, 5.41) is 3.00. The summed E-state index contributed by atoms with van der Waals surface area (Å²) in [6.07, 6.45) is 2.20. The zero-order valence-corrected chi connectivity index (χ0v) is 14.2. The van der Waals surface area contributed by atoms with E-state index in [9.17, 15) is 4.79 Å². The Morgan fingerprint density at radius 2 is 2.00 bits per heavy atom. The molecule has 0 bridgehead atoms. The van der Waals surface area contributed by atoms with Crippen LogP contribution in [0.1, 0.15) is 32.3 Å². The SMILES string of the molecule is CC[C@H](C)NC(=O)CCc1ccc2nc(-c3ccccc3)[nH]c2c1. The number of H-pyrrole nitrogens is 1. The Hall–Kier alpha value is -2.62. The van der Waals surface area contributed by atoms with Crippen LogP contribution in [-0.2, 0) is 11.2 Å². The number of hydrogen-bond acceptors (Lipinski definition) is 2. The second kappa shape index (κ2) is 7.30. The molecule has 3 aromatic rings. The number of nitrogens with one attached hydrogen (secondary N) is 2. The smallest absolute Gasteiger partial charge is 0.220 e. The van der Waals surface area contributed by atoms with Crippen LogP contribution in [0.3, 0.4) is 0 Å². The summed E-state index contributed by atoms with van der Waals surface area (Å²) in [4.78, 5) is 19.9. The van der Waals surface area contributed by atoms with Crippen molar-refractivity contribution in [2.75, 3.05) is 0 Å². The van der Waals surface area contributed by atoms with E-state index in [4.69, 9.17) is 0 Å². The van der Waals surface area contributed by atoms with Crippen molar-refractivity contribution in [3.05, 3.63) is 54.1 Å². The molecule has 0 aliphatic rings. The Bertz CT molecular complexity index is 823. The number of carbonyl (C=O) groups excluding carboxylic acids is 1. The monoisotopic (exact) mass is 321 g/mol. The van der Waals surface area contributed by atoms with Gasteiger partial charge in [0, 0.05) is 18.0 Å². The molecule has 0 radical (unpaired) electrons. The van der Waals surface area contributed by atoms with Crippen molar-refractivity contribution in [1.82, 2.24) is 15.3 Å². The van der Waals surface area contributed by atoms with Crippen LogP contribution < -0.4 is 5.32 Å². The molecule has 2 N–H and O–H groups in total. The summed E-state index contributed by atoms with van der Waals surface area (Å²) < 4.78 is 0. The lowest BCUT2D eigenvalue weighted by molar-refractivity contribution is -0.121. The fraction of sp³-hybridized carbons (Fsp3) is 0.300. The third-order valence-electron chi connectivity index (χ3n) is 4.25. The Labute approximate surface area is 142 Å². The van der Waals surface area contributed by atoms with Crippen LogP contribution in [-0.4, -0.2) is 21.9 Å². The number of aryl methyl sites for hydroxylation is 1. The van der Waals surface area contributed by atoms with Gasteiger partial charge in [-0.3, -0.25) is 4.79 Å². The van der Waals surface area contributed by atoms with Crippen molar-refractivity contribution in [3.63, 3.8) is 0 Å². The van der Waals surface area contributed by atoms with Crippen molar-refractivity contribution in [3.8, 4) is 11.4 Å². The highest BCUT2D eigenvalue weighted by Crippen LogP contribution is 2.21. The van der Waals surface area contributed by atoms with E-state index in [0.29, 0.717) is 6.42 Å². The highest BCUT2D eigenvalue weighted by atomic mass is 16.1. The molecule has 24 heavy (non-hydrogen) atoms. The number of aromatic amines is 1. The zero-order valence-electron chi connectivity index (χ0n) is 14.2. The molecule has 0 aliphatic heterocycles. The van der Waals surface area contributed by atoms with E-state index in [2.05, 4.69) is 34.3 Å². The number of fused-ring (bicyclic) bond motifs is 1. The number of amides is 1. The van der Waals surface area contributed by atoms with Gasteiger partial charge in [0.2, 0.25) is 5.91 Å². The summed E-state index contributed by atoms with van der Waals surface area (Å²) in [7, 11) is 0. The van der Waals surface area contributed by atoms with Gasteiger partial charge in [-0.2, -0.15) is 0 Å². The molecule has 1 aromatic heterocycles. The van der Waals surface area contributed by atoms with E-state index in [-0.39, 0.29) is 11.9 Å². The van der Waals surface area contributed by atoms with Gasteiger partial charge in [-0.1, -0.05) is 43.3 Å². The van der Waals surface area contributed by atoms with E-state index in [1.807, 2.05) is 43.3 Å². The number of hydrogen-bond donors (Lipinski definition) is 2. The van der Waals surface area contributed by atoms with Crippen LogP contribution in [0.4, 0.5) is 0 Å². The number of carbonyl (C=O) groups is 1. The van der Waals surface area contributed by atoms with Crippen LogP contribution in [0, 0.1) is 0 Å². The first kappa shape index (κ1) is 16.2. The van der Waals surface area contributed by atoms with E-state index >= 15 is 0 Å². The van der Waals surface area contributed by atoms with Crippen molar-refractivity contribution in [2.24, 2.45) is 0 Å². The minimum absolute atomic E-state index is 0.110. The molecule has 3 rings (SSSR count). The summed E-state index contributed by atoms with van der Waals surface area (Å²) in [5.41, 5.74) is 4.17. The van der Waals surface area contributed by atoms with E-state index < -0.39 is 0 Å². The predicted octanol–water partition coefficient (Wildman–Crippen LogP) is 4.08. The lowest BCUT2D eigenvalue weighted by atomic mass is 10.1. The van der Waals surface area contributed by atoms with Gasteiger partial charge in [0.1, 0.15) is 5.82 Å². The van der Waals surface area contributed by atoms with Gasteiger partial charge in [-0.05, 0) is 37.5 Å². The maximum atomic E-state index is 11.9. The van der Waals surface area contributed by atoms with Crippen LogP contribution in [0.2, 0.25) is 0 Å². The Morgan fingerprint density at radius 3 is 2.75 bits per heavy atom.